The van der Waals surface area contributed by atoms with Crippen LogP contribution in [0.2, 0.25) is 0 Å². The molecule has 1 saturated carbocycles. The lowest BCUT2D eigenvalue weighted by molar-refractivity contribution is -0.138. The Morgan fingerprint density at radius 1 is 1.07 bits per heavy atom. The Hall–Kier alpha value is -1.96. The van der Waals surface area contributed by atoms with Crippen LogP contribution in [0.25, 0.3) is 0 Å². The van der Waals surface area contributed by atoms with Gasteiger partial charge < -0.3 is 15.0 Å². The fourth-order valence-electron chi connectivity index (χ4n) is 4.49. The predicted octanol–water partition coefficient (Wildman–Crippen LogP) is 1.45. The molecular formula is C19H29N5O3. The van der Waals surface area contributed by atoms with E-state index in [-0.39, 0.29) is 24.4 Å². The highest BCUT2D eigenvalue weighted by Crippen LogP contribution is 2.35. The molecule has 1 saturated heterocycles. The zero-order valence-corrected chi connectivity index (χ0v) is 15.8. The maximum atomic E-state index is 12.7. The maximum absolute atomic E-state index is 12.7. The highest BCUT2D eigenvalue weighted by molar-refractivity contribution is 5.90. The van der Waals surface area contributed by atoms with Crippen LogP contribution in [0.4, 0.5) is 0 Å². The minimum Gasteiger partial charge on any atom is -0.481 e. The number of carbonyl (C=O) groups excluding carboxylic acids is 1. The second-order valence-corrected chi connectivity index (χ2v) is 8.24. The van der Waals surface area contributed by atoms with E-state index in [1.54, 1.807) is 0 Å². The number of likely N-dealkylation sites (tertiary alicyclic amines) is 1. The summed E-state index contributed by atoms with van der Waals surface area (Å²) in [5.41, 5.74) is 0. The molecular weight excluding hydrogens is 346 g/mol. The number of hydrogen-bond donors (Lipinski definition) is 2. The van der Waals surface area contributed by atoms with E-state index in [1.165, 1.54) is 12.8 Å². The lowest BCUT2D eigenvalue weighted by Gasteiger charge is -2.29. The minimum absolute atomic E-state index is 0.0920. The first-order chi connectivity index (χ1) is 13.1. The van der Waals surface area contributed by atoms with Gasteiger partial charge >= 0.3 is 5.97 Å². The molecule has 1 aromatic rings. The SMILES string of the molecule is O=C(O)C[C@H]1CC[C@@H](CNC(=O)c2nnc3n2CCCCC3)N1CC1CC1. The van der Waals surface area contributed by atoms with Crippen LogP contribution in [0.5, 0.6) is 0 Å². The van der Waals surface area contributed by atoms with E-state index in [0.717, 1.165) is 57.4 Å². The summed E-state index contributed by atoms with van der Waals surface area (Å²) in [7, 11) is 0. The van der Waals surface area contributed by atoms with Crippen molar-refractivity contribution in [3.8, 4) is 0 Å². The zero-order chi connectivity index (χ0) is 18.8. The second kappa shape index (κ2) is 7.96. The summed E-state index contributed by atoms with van der Waals surface area (Å²) in [4.78, 5) is 26.2. The van der Waals surface area contributed by atoms with Crippen LogP contribution in [-0.4, -0.2) is 61.8 Å². The van der Waals surface area contributed by atoms with Crippen LogP contribution in [0.1, 0.15) is 67.8 Å². The van der Waals surface area contributed by atoms with Gasteiger partial charge in [0.25, 0.3) is 5.91 Å². The van der Waals surface area contributed by atoms with Crippen LogP contribution in [0.15, 0.2) is 0 Å². The second-order valence-electron chi connectivity index (χ2n) is 8.24. The fraction of sp³-hybridized carbons (Fsp3) is 0.789. The Bertz CT molecular complexity index is 700. The van der Waals surface area contributed by atoms with Crippen molar-refractivity contribution in [3.05, 3.63) is 11.6 Å². The summed E-state index contributed by atoms with van der Waals surface area (Å²) >= 11 is 0. The van der Waals surface area contributed by atoms with Gasteiger partial charge in [0.1, 0.15) is 5.82 Å². The Kier molecular flexibility index (Phi) is 5.43. The molecule has 4 rings (SSSR count). The van der Waals surface area contributed by atoms with Crippen LogP contribution in [-0.2, 0) is 17.8 Å². The van der Waals surface area contributed by atoms with Gasteiger partial charge in [-0.1, -0.05) is 6.42 Å². The number of aryl methyl sites for hydroxylation is 1. The van der Waals surface area contributed by atoms with E-state index in [2.05, 4.69) is 20.4 Å². The molecule has 3 heterocycles. The van der Waals surface area contributed by atoms with Gasteiger partial charge in [-0.05, 0) is 44.4 Å². The molecule has 148 valence electrons. The number of carboxylic acid groups (broad SMARTS) is 1. The van der Waals surface area contributed by atoms with Crippen molar-refractivity contribution in [2.45, 2.75) is 76.4 Å². The lowest BCUT2D eigenvalue weighted by atomic mass is 10.1. The minimum atomic E-state index is -0.739. The number of aliphatic carboxylic acids is 1. The van der Waals surface area contributed by atoms with Gasteiger partial charge in [-0.25, -0.2) is 0 Å². The number of amides is 1. The third kappa shape index (κ3) is 4.31. The number of carbonyl (C=O) groups is 2. The molecule has 0 unspecified atom stereocenters. The normalized spacial score (nSPS) is 25.8. The smallest absolute Gasteiger partial charge is 0.304 e. The molecule has 0 bridgehead atoms. The summed E-state index contributed by atoms with van der Waals surface area (Å²) in [5, 5.41) is 20.6. The number of aromatic nitrogens is 3. The molecule has 2 atom stereocenters. The number of carboxylic acids is 1. The van der Waals surface area contributed by atoms with E-state index in [0.29, 0.717) is 18.3 Å². The van der Waals surface area contributed by atoms with Crippen molar-refractivity contribution in [3.63, 3.8) is 0 Å². The molecule has 1 aliphatic carbocycles. The Morgan fingerprint density at radius 3 is 2.67 bits per heavy atom. The van der Waals surface area contributed by atoms with Crippen molar-refractivity contribution in [1.82, 2.24) is 25.0 Å². The van der Waals surface area contributed by atoms with Crippen LogP contribution in [0.3, 0.4) is 0 Å². The summed E-state index contributed by atoms with van der Waals surface area (Å²) < 4.78 is 1.96. The summed E-state index contributed by atoms with van der Waals surface area (Å²) in [6.07, 6.45) is 8.69. The number of fused-ring (bicyclic) bond motifs is 1. The molecule has 2 aliphatic heterocycles. The van der Waals surface area contributed by atoms with Gasteiger partial charge in [0.05, 0.1) is 6.42 Å². The van der Waals surface area contributed by atoms with Gasteiger partial charge in [-0.3, -0.25) is 14.5 Å². The first kappa shape index (κ1) is 18.4. The Balaban J connectivity index is 1.38. The molecule has 27 heavy (non-hydrogen) atoms. The molecule has 0 spiro atoms. The molecule has 2 fully saturated rings. The van der Waals surface area contributed by atoms with Crippen LogP contribution >= 0.6 is 0 Å². The third-order valence-electron chi connectivity index (χ3n) is 6.16. The van der Waals surface area contributed by atoms with Gasteiger partial charge in [-0.15, -0.1) is 10.2 Å². The molecule has 8 nitrogen and oxygen atoms in total. The molecule has 8 heteroatoms. The van der Waals surface area contributed by atoms with Crippen molar-refractivity contribution in [2.24, 2.45) is 5.92 Å². The quantitative estimate of drug-likeness (QED) is 0.748. The molecule has 1 amide bonds. The Labute approximate surface area is 159 Å². The first-order valence-corrected chi connectivity index (χ1v) is 10.3. The van der Waals surface area contributed by atoms with Crippen molar-refractivity contribution < 1.29 is 14.7 Å². The van der Waals surface area contributed by atoms with Crippen LogP contribution < -0.4 is 5.32 Å². The van der Waals surface area contributed by atoms with Crippen molar-refractivity contribution >= 4 is 11.9 Å². The molecule has 2 N–H and O–H groups in total. The highest BCUT2D eigenvalue weighted by Gasteiger charge is 2.38. The average Bonchev–Trinajstić information content (AvgIpc) is 3.33. The van der Waals surface area contributed by atoms with E-state index in [4.69, 9.17) is 0 Å². The molecule has 1 aromatic heterocycles. The lowest BCUT2D eigenvalue weighted by Crippen LogP contribution is -2.45. The van der Waals surface area contributed by atoms with Crippen LogP contribution in [0, 0.1) is 5.92 Å². The fourth-order valence-corrected chi connectivity index (χ4v) is 4.49. The largest absolute Gasteiger partial charge is 0.481 e. The summed E-state index contributed by atoms with van der Waals surface area (Å²) in [5.74, 6) is 1.13. The van der Waals surface area contributed by atoms with Gasteiger partial charge in [0.2, 0.25) is 5.82 Å². The topological polar surface area (TPSA) is 100 Å². The molecule has 0 radical (unpaired) electrons. The number of nitrogens with one attached hydrogen (secondary N) is 1. The third-order valence-corrected chi connectivity index (χ3v) is 6.16. The number of nitrogens with zero attached hydrogens (tertiary/aromatic N) is 4. The summed E-state index contributed by atoms with van der Waals surface area (Å²) in [6, 6.07) is 0.305. The van der Waals surface area contributed by atoms with Gasteiger partial charge in [-0.2, -0.15) is 0 Å². The van der Waals surface area contributed by atoms with Gasteiger partial charge in [0.15, 0.2) is 0 Å². The van der Waals surface area contributed by atoms with E-state index < -0.39 is 5.97 Å². The zero-order valence-electron chi connectivity index (χ0n) is 15.8. The predicted molar refractivity (Wildman–Crippen MR) is 98.4 cm³/mol. The average molecular weight is 375 g/mol. The van der Waals surface area contributed by atoms with Crippen molar-refractivity contribution in [2.75, 3.05) is 13.1 Å². The van der Waals surface area contributed by atoms with Gasteiger partial charge in [0, 0.05) is 38.1 Å². The number of rotatable bonds is 7. The monoisotopic (exact) mass is 375 g/mol. The first-order valence-electron chi connectivity index (χ1n) is 10.3. The number of hydrogen-bond acceptors (Lipinski definition) is 5. The standard InChI is InChI=1S/C19H29N5O3/c25-17(26)10-14-7-8-15(24(14)12-13-5-6-13)11-20-19(27)18-22-21-16-4-2-1-3-9-23(16)18/h13-15H,1-12H2,(H,20,27)(H,25,26)/t14-,15+/m1/s1. The Morgan fingerprint density at radius 2 is 1.89 bits per heavy atom. The summed E-state index contributed by atoms with van der Waals surface area (Å²) in [6.45, 7) is 2.31. The molecule has 3 aliphatic rings. The highest BCUT2D eigenvalue weighted by atomic mass is 16.4. The van der Waals surface area contributed by atoms with E-state index in [9.17, 15) is 14.7 Å². The maximum Gasteiger partial charge on any atom is 0.304 e. The molecule has 0 aromatic carbocycles. The van der Waals surface area contributed by atoms with E-state index in [1.807, 2.05) is 4.57 Å². The van der Waals surface area contributed by atoms with Crippen molar-refractivity contribution in [1.29, 1.82) is 0 Å². The van der Waals surface area contributed by atoms with E-state index >= 15 is 0 Å².